The number of hydrogen-bond acceptors (Lipinski definition) is 3. The first-order valence-corrected chi connectivity index (χ1v) is 7.29. The van der Waals surface area contributed by atoms with Crippen LogP contribution < -0.4 is 4.74 Å². The Balaban J connectivity index is 1.91. The zero-order valence-corrected chi connectivity index (χ0v) is 11.9. The highest BCUT2D eigenvalue weighted by Gasteiger charge is 2.05. The van der Waals surface area contributed by atoms with Crippen LogP contribution in [0.25, 0.3) is 10.9 Å². The summed E-state index contributed by atoms with van der Waals surface area (Å²) in [7, 11) is 0. The van der Waals surface area contributed by atoms with Crippen molar-refractivity contribution in [3.8, 4) is 5.75 Å². The molecule has 0 aliphatic rings. The average molecular weight is 272 g/mol. The Morgan fingerprint density at radius 3 is 2.95 bits per heavy atom. The number of nitrogens with zero attached hydrogens (tertiary/aromatic N) is 2. The van der Waals surface area contributed by atoms with Crippen LogP contribution in [0.1, 0.15) is 19.5 Å². The average Bonchev–Trinajstić information content (AvgIpc) is 2.99. The van der Waals surface area contributed by atoms with Gasteiger partial charge in [0.1, 0.15) is 5.75 Å². The molecule has 0 unspecified atom stereocenters. The molecule has 3 aromatic rings. The smallest absolute Gasteiger partial charge is 0.120 e. The maximum Gasteiger partial charge on any atom is 0.120 e. The zero-order chi connectivity index (χ0) is 13.2. The minimum Gasteiger partial charge on any atom is -0.491 e. The molecule has 98 valence electrons. The summed E-state index contributed by atoms with van der Waals surface area (Å²) in [5, 5.41) is 3.29. The largest absolute Gasteiger partial charge is 0.491 e. The van der Waals surface area contributed by atoms with Gasteiger partial charge in [0.2, 0.25) is 0 Å². The zero-order valence-electron chi connectivity index (χ0n) is 11.0. The van der Waals surface area contributed by atoms with Crippen molar-refractivity contribution in [3.63, 3.8) is 0 Å². The molecular formula is C15H16N2OS. The summed E-state index contributed by atoms with van der Waals surface area (Å²) in [4.78, 5) is 4.33. The lowest BCUT2D eigenvalue weighted by Gasteiger charge is -2.10. The van der Waals surface area contributed by atoms with Gasteiger partial charge in [0.25, 0.3) is 0 Å². The molecule has 0 amide bonds. The predicted octanol–water partition coefficient (Wildman–Crippen LogP) is 3.93. The van der Waals surface area contributed by atoms with Crippen molar-refractivity contribution >= 4 is 22.2 Å². The Labute approximate surface area is 116 Å². The van der Waals surface area contributed by atoms with Crippen LogP contribution in [0.5, 0.6) is 5.75 Å². The fourth-order valence-corrected chi connectivity index (χ4v) is 2.70. The second-order valence-corrected chi connectivity index (χ2v) is 5.53. The maximum atomic E-state index is 5.72. The molecule has 0 atom stereocenters. The molecule has 19 heavy (non-hydrogen) atoms. The quantitative estimate of drug-likeness (QED) is 0.719. The van der Waals surface area contributed by atoms with E-state index in [9.17, 15) is 0 Å². The number of benzene rings is 1. The summed E-state index contributed by atoms with van der Waals surface area (Å²) < 4.78 is 7.93. The first-order chi connectivity index (χ1) is 9.22. The van der Waals surface area contributed by atoms with Crippen LogP contribution in [0.15, 0.2) is 41.4 Å². The van der Waals surface area contributed by atoms with Gasteiger partial charge in [-0.1, -0.05) is 0 Å². The SMILES string of the molecule is CC(C)Oc1ccc2c(ccn2Cc2cscn2)c1. The Morgan fingerprint density at radius 1 is 1.32 bits per heavy atom. The maximum absolute atomic E-state index is 5.72. The lowest BCUT2D eigenvalue weighted by Crippen LogP contribution is -2.05. The van der Waals surface area contributed by atoms with Crippen LogP contribution in [0.4, 0.5) is 0 Å². The van der Waals surface area contributed by atoms with Gasteiger partial charge in [-0.15, -0.1) is 11.3 Å². The minimum atomic E-state index is 0.203. The molecule has 0 bridgehead atoms. The molecule has 0 N–H and O–H groups in total. The Hall–Kier alpha value is -1.81. The first-order valence-electron chi connectivity index (χ1n) is 6.35. The second kappa shape index (κ2) is 5.05. The number of ether oxygens (including phenoxy) is 1. The third-order valence-corrected chi connectivity index (χ3v) is 3.57. The highest BCUT2D eigenvalue weighted by Crippen LogP contribution is 2.23. The van der Waals surface area contributed by atoms with Gasteiger partial charge in [-0.05, 0) is 38.1 Å². The highest BCUT2D eigenvalue weighted by atomic mass is 32.1. The molecule has 3 nitrogen and oxygen atoms in total. The molecule has 4 heteroatoms. The number of thiazole rings is 1. The monoisotopic (exact) mass is 272 g/mol. The summed E-state index contributed by atoms with van der Waals surface area (Å²) in [6.07, 6.45) is 2.30. The van der Waals surface area contributed by atoms with E-state index in [4.69, 9.17) is 4.74 Å². The molecular weight excluding hydrogens is 256 g/mol. The molecule has 0 aliphatic carbocycles. The summed E-state index contributed by atoms with van der Waals surface area (Å²) in [5.74, 6) is 0.925. The molecule has 0 fully saturated rings. The molecule has 0 aliphatic heterocycles. The minimum absolute atomic E-state index is 0.203. The Bertz CT molecular complexity index is 671. The van der Waals surface area contributed by atoms with E-state index in [1.807, 2.05) is 25.4 Å². The van der Waals surface area contributed by atoms with Crippen LogP contribution in [0.3, 0.4) is 0 Å². The van der Waals surface area contributed by atoms with Gasteiger partial charge in [-0.2, -0.15) is 0 Å². The molecule has 1 aromatic carbocycles. The molecule has 0 radical (unpaired) electrons. The van der Waals surface area contributed by atoms with E-state index < -0.39 is 0 Å². The normalized spacial score (nSPS) is 11.3. The summed E-state index contributed by atoms with van der Waals surface area (Å²) >= 11 is 1.63. The standard InChI is InChI=1S/C15H16N2OS/c1-11(2)18-14-3-4-15-12(7-14)5-6-17(15)8-13-9-19-10-16-13/h3-7,9-11H,8H2,1-2H3. The van der Waals surface area contributed by atoms with E-state index in [0.717, 1.165) is 18.0 Å². The molecule has 2 heterocycles. The molecule has 0 spiro atoms. The van der Waals surface area contributed by atoms with Gasteiger partial charge in [0, 0.05) is 22.5 Å². The fraction of sp³-hybridized carbons (Fsp3) is 0.267. The van der Waals surface area contributed by atoms with Crippen molar-refractivity contribution in [2.24, 2.45) is 0 Å². The van der Waals surface area contributed by atoms with E-state index in [1.54, 1.807) is 11.3 Å². The highest BCUT2D eigenvalue weighted by molar-refractivity contribution is 7.07. The van der Waals surface area contributed by atoms with Crippen LogP contribution in [-0.2, 0) is 6.54 Å². The van der Waals surface area contributed by atoms with E-state index in [0.29, 0.717) is 0 Å². The van der Waals surface area contributed by atoms with Crippen molar-refractivity contribution < 1.29 is 4.74 Å². The molecule has 0 saturated carbocycles. The number of rotatable bonds is 4. The predicted molar refractivity (Wildman–Crippen MR) is 78.9 cm³/mol. The molecule has 2 aromatic heterocycles. The van der Waals surface area contributed by atoms with Gasteiger partial charge < -0.3 is 9.30 Å². The van der Waals surface area contributed by atoms with E-state index in [1.165, 1.54) is 10.9 Å². The van der Waals surface area contributed by atoms with E-state index in [2.05, 4.69) is 39.3 Å². The van der Waals surface area contributed by atoms with Gasteiger partial charge in [-0.25, -0.2) is 4.98 Å². The summed E-state index contributed by atoms with van der Waals surface area (Å²) in [6.45, 7) is 4.90. The lowest BCUT2D eigenvalue weighted by molar-refractivity contribution is 0.243. The van der Waals surface area contributed by atoms with Crippen LogP contribution in [0.2, 0.25) is 0 Å². The third kappa shape index (κ3) is 2.63. The Morgan fingerprint density at radius 2 is 2.21 bits per heavy atom. The van der Waals surface area contributed by atoms with E-state index >= 15 is 0 Å². The van der Waals surface area contributed by atoms with Gasteiger partial charge >= 0.3 is 0 Å². The summed E-state index contributed by atoms with van der Waals surface area (Å²) in [5.41, 5.74) is 4.18. The second-order valence-electron chi connectivity index (χ2n) is 4.81. The van der Waals surface area contributed by atoms with Crippen molar-refractivity contribution in [1.29, 1.82) is 0 Å². The van der Waals surface area contributed by atoms with Gasteiger partial charge in [0.15, 0.2) is 0 Å². The van der Waals surface area contributed by atoms with E-state index in [-0.39, 0.29) is 6.10 Å². The Kier molecular flexibility index (Phi) is 3.25. The number of fused-ring (bicyclic) bond motifs is 1. The van der Waals surface area contributed by atoms with Crippen LogP contribution >= 0.6 is 11.3 Å². The van der Waals surface area contributed by atoms with Crippen LogP contribution in [0, 0.1) is 0 Å². The number of hydrogen-bond donors (Lipinski definition) is 0. The first kappa shape index (κ1) is 12.2. The van der Waals surface area contributed by atoms with Crippen molar-refractivity contribution in [2.75, 3.05) is 0 Å². The third-order valence-electron chi connectivity index (χ3n) is 2.93. The molecule has 3 rings (SSSR count). The molecule has 0 saturated heterocycles. The topological polar surface area (TPSA) is 27.1 Å². The van der Waals surface area contributed by atoms with Crippen molar-refractivity contribution in [2.45, 2.75) is 26.5 Å². The lowest BCUT2D eigenvalue weighted by atomic mass is 10.2. The van der Waals surface area contributed by atoms with Gasteiger partial charge in [0.05, 0.1) is 23.9 Å². The van der Waals surface area contributed by atoms with Crippen molar-refractivity contribution in [3.05, 3.63) is 47.0 Å². The van der Waals surface area contributed by atoms with Crippen molar-refractivity contribution in [1.82, 2.24) is 9.55 Å². The number of aromatic nitrogens is 2. The van der Waals surface area contributed by atoms with Gasteiger partial charge in [-0.3, -0.25) is 0 Å². The fourth-order valence-electron chi connectivity index (χ4n) is 2.15. The van der Waals surface area contributed by atoms with Crippen LogP contribution in [-0.4, -0.2) is 15.7 Å². The summed E-state index contributed by atoms with van der Waals surface area (Å²) in [6, 6.07) is 8.35.